The van der Waals surface area contributed by atoms with E-state index in [1.807, 2.05) is 6.92 Å². The summed E-state index contributed by atoms with van der Waals surface area (Å²) in [6.45, 7) is 2.02. The molecular formula is C12H15NO4. The Bertz CT molecular complexity index is 346. The van der Waals surface area contributed by atoms with Crippen LogP contribution in [0.5, 0.6) is 0 Å². The molecule has 0 aromatic rings. The topological polar surface area (TPSA) is 64.6 Å². The summed E-state index contributed by atoms with van der Waals surface area (Å²) < 4.78 is 9.41. The van der Waals surface area contributed by atoms with Crippen molar-refractivity contribution in [1.82, 2.24) is 5.32 Å². The van der Waals surface area contributed by atoms with Crippen molar-refractivity contribution in [3.63, 3.8) is 0 Å². The van der Waals surface area contributed by atoms with Gasteiger partial charge in [0.25, 0.3) is 0 Å². The molecule has 5 heteroatoms. The largest absolute Gasteiger partial charge is 0.464 e. The highest BCUT2D eigenvalue weighted by molar-refractivity contribution is 5.77. The van der Waals surface area contributed by atoms with Crippen LogP contribution in [0.4, 0.5) is 4.79 Å². The molecule has 0 aliphatic rings. The highest BCUT2D eigenvalue weighted by Gasteiger charge is 2.06. The molecule has 92 valence electrons. The van der Waals surface area contributed by atoms with Crippen LogP contribution in [-0.2, 0) is 14.3 Å². The van der Waals surface area contributed by atoms with Gasteiger partial charge < -0.3 is 14.8 Å². The number of hydrogen-bond acceptors (Lipinski definition) is 4. The number of carbonyl (C=O) groups excluding carboxylic acids is 2. The Kier molecular flexibility index (Phi) is 9.07. The Morgan fingerprint density at radius 3 is 2.76 bits per heavy atom. The number of alkyl carbamates (subject to hydrolysis) is 1. The van der Waals surface area contributed by atoms with Crippen LogP contribution in [0, 0.1) is 24.2 Å². The van der Waals surface area contributed by atoms with Crippen LogP contribution < -0.4 is 5.32 Å². The van der Waals surface area contributed by atoms with E-state index in [4.69, 9.17) is 11.2 Å². The molecule has 0 saturated carbocycles. The quantitative estimate of drug-likeness (QED) is 0.419. The summed E-state index contributed by atoms with van der Waals surface area (Å²) in [6, 6.07) is 0. The zero-order valence-electron chi connectivity index (χ0n) is 9.75. The van der Waals surface area contributed by atoms with Crippen LogP contribution in [0.25, 0.3) is 0 Å². The fraction of sp³-hybridized carbons (Fsp3) is 0.500. The Labute approximate surface area is 101 Å². The molecule has 0 aliphatic carbocycles. The minimum absolute atomic E-state index is 0.110. The number of ether oxygens (including phenoxy) is 2. The Balaban J connectivity index is 3.56. The average molecular weight is 237 g/mol. The minimum Gasteiger partial charge on any atom is -0.464 e. The van der Waals surface area contributed by atoms with Crippen LogP contribution in [0.1, 0.15) is 19.8 Å². The van der Waals surface area contributed by atoms with Crippen LogP contribution in [-0.4, -0.2) is 31.8 Å². The van der Waals surface area contributed by atoms with E-state index in [2.05, 4.69) is 27.8 Å². The van der Waals surface area contributed by atoms with Crippen molar-refractivity contribution in [2.24, 2.45) is 0 Å². The molecular weight excluding hydrogens is 222 g/mol. The van der Waals surface area contributed by atoms with Gasteiger partial charge in [-0.3, -0.25) is 4.79 Å². The van der Waals surface area contributed by atoms with Gasteiger partial charge in [0.15, 0.2) is 6.61 Å². The summed E-state index contributed by atoms with van der Waals surface area (Å²) in [6.07, 6.45) is 5.87. The molecule has 0 saturated heterocycles. The molecule has 0 aromatic carbocycles. The van der Waals surface area contributed by atoms with Gasteiger partial charge in [0, 0.05) is 0 Å². The predicted molar refractivity (Wildman–Crippen MR) is 61.8 cm³/mol. The first-order valence-electron chi connectivity index (χ1n) is 5.20. The fourth-order valence-corrected chi connectivity index (χ4v) is 0.765. The lowest BCUT2D eigenvalue weighted by Crippen LogP contribution is -2.31. The summed E-state index contributed by atoms with van der Waals surface area (Å²) in [5.74, 6) is 6.27. The molecule has 0 aliphatic heterocycles. The lowest BCUT2D eigenvalue weighted by molar-refractivity contribution is -0.142. The van der Waals surface area contributed by atoms with Crippen molar-refractivity contribution in [3.8, 4) is 24.2 Å². The number of hydrogen-bond donors (Lipinski definition) is 1. The van der Waals surface area contributed by atoms with E-state index in [0.717, 1.165) is 12.8 Å². The number of terminal acetylenes is 1. The second-order valence-electron chi connectivity index (χ2n) is 2.95. The normalized spacial score (nSPS) is 8.24. The second kappa shape index (κ2) is 10.4. The summed E-state index contributed by atoms with van der Waals surface area (Å²) in [4.78, 5) is 22.0. The first-order valence-corrected chi connectivity index (χ1v) is 5.20. The van der Waals surface area contributed by atoms with Crippen LogP contribution in [0.2, 0.25) is 0 Å². The first-order chi connectivity index (χ1) is 8.20. The molecule has 0 unspecified atom stereocenters. The molecule has 0 radical (unpaired) electrons. The van der Waals surface area contributed by atoms with Gasteiger partial charge in [-0.15, -0.1) is 6.42 Å². The third-order valence-corrected chi connectivity index (χ3v) is 1.57. The van der Waals surface area contributed by atoms with Crippen LogP contribution in [0.3, 0.4) is 0 Å². The zero-order valence-corrected chi connectivity index (χ0v) is 9.75. The second-order valence-corrected chi connectivity index (χ2v) is 2.95. The fourth-order valence-electron chi connectivity index (χ4n) is 0.765. The molecule has 0 bridgehead atoms. The van der Waals surface area contributed by atoms with Crippen molar-refractivity contribution >= 4 is 12.1 Å². The number of nitrogens with one attached hydrogen (secondary N) is 1. The predicted octanol–water partition coefficient (Wildman–Crippen LogP) is 0.692. The Morgan fingerprint density at radius 2 is 2.12 bits per heavy atom. The molecule has 0 atom stereocenters. The van der Waals surface area contributed by atoms with Crippen LogP contribution >= 0.6 is 0 Å². The molecule has 17 heavy (non-hydrogen) atoms. The standard InChI is InChI=1S/C12H15NO4/c1-3-5-7-9-17-12(15)13-10-11(14)16-8-6-4-2/h1H,4,6,8-10H2,2H3,(H,13,15). The van der Waals surface area contributed by atoms with E-state index in [0.29, 0.717) is 6.61 Å². The highest BCUT2D eigenvalue weighted by atomic mass is 16.6. The maximum Gasteiger partial charge on any atom is 0.408 e. The number of carbonyl (C=O) groups is 2. The number of esters is 1. The van der Waals surface area contributed by atoms with Gasteiger partial charge in [-0.1, -0.05) is 13.3 Å². The van der Waals surface area contributed by atoms with Crippen molar-refractivity contribution < 1.29 is 19.1 Å². The van der Waals surface area contributed by atoms with Gasteiger partial charge in [0.1, 0.15) is 6.54 Å². The summed E-state index contributed by atoms with van der Waals surface area (Å²) in [5.41, 5.74) is 0. The van der Waals surface area contributed by atoms with Crippen molar-refractivity contribution in [2.75, 3.05) is 19.8 Å². The van der Waals surface area contributed by atoms with E-state index in [-0.39, 0.29) is 13.2 Å². The third kappa shape index (κ3) is 10.1. The molecule has 0 spiro atoms. The van der Waals surface area contributed by atoms with Crippen molar-refractivity contribution in [2.45, 2.75) is 19.8 Å². The molecule has 1 N–H and O–H groups in total. The van der Waals surface area contributed by atoms with E-state index >= 15 is 0 Å². The van der Waals surface area contributed by atoms with Crippen LogP contribution in [0.15, 0.2) is 0 Å². The van der Waals surface area contributed by atoms with Crippen molar-refractivity contribution in [1.29, 1.82) is 0 Å². The lowest BCUT2D eigenvalue weighted by atomic mass is 10.4. The van der Waals surface area contributed by atoms with Gasteiger partial charge in [0.05, 0.1) is 6.61 Å². The van der Waals surface area contributed by atoms with Gasteiger partial charge in [-0.2, -0.15) is 0 Å². The molecule has 0 aromatic heterocycles. The highest BCUT2D eigenvalue weighted by Crippen LogP contribution is 1.88. The Hall–Kier alpha value is -2.14. The van der Waals surface area contributed by atoms with Crippen molar-refractivity contribution in [3.05, 3.63) is 0 Å². The van der Waals surface area contributed by atoms with E-state index < -0.39 is 12.1 Å². The maximum atomic E-state index is 11.1. The molecule has 5 nitrogen and oxygen atoms in total. The Morgan fingerprint density at radius 1 is 1.35 bits per heavy atom. The SMILES string of the molecule is C#CC#CCOC(=O)NCC(=O)OCCCC. The van der Waals surface area contributed by atoms with Gasteiger partial charge in [-0.05, 0) is 24.2 Å². The lowest BCUT2D eigenvalue weighted by Gasteiger charge is -2.05. The monoisotopic (exact) mass is 237 g/mol. The first kappa shape index (κ1) is 14.9. The summed E-state index contributed by atoms with van der Waals surface area (Å²) in [7, 11) is 0. The van der Waals surface area contributed by atoms with E-state index in [1.54, 1.807) is 0 Å². The number of rotatable bonds is 6. The molecule has 1 amide bonds. The van der Waals surface area contributed by atoms with Gasteiger partial charge >= 0.3 is 12.1 Å². The van der Waals surface area contributed by atoms with Gasteiger partial charge in [0.2, 0.25) is 0 Å². The number of amides is 1. The number of unbranched alkanes of at least 4 members (excludes halogenated alkanes) is 1. The summed E-state index contributed by atoms with van der Waals surface area (Å²) >= 11 is 0. The van der Waals surface area contributed by atoms with Gasteiger partial charge in [-0.25, -0.2) is 4.79 Å². The minimum atomic E-state index is -0.733. The molecule has 0 rings (SSSR count). The zero-order chi connectivity index (χ0) is 12.9. The smallest absolute Gasteiger partial charge is 0.408 e. The third-order valence-electron chi connectivity index (χ3n) is 1.57. The van der Waals surface area contributed by atoms with E-state index in [1.165, 1.54) is 0 Å². The average Bonchev–Trinajstić information content (AvgIpc) is 2.32. The molecule has 0 fully saturated rings. The maximum absolute atomic E-state index is 11.1. The summed E-state index contributed by atoms with van der Waals surface area (Å²) in [5, 5.41) is 2.23. The van der Waals surface area contributed by atoms with E-state index in [9.17, 15) is 9.59 Å². The molecule has 0 heterocycles.